The highest BCUT2D eigenvalue weighted by Crippen LogP contribution is 2.33. The topological polar surface area (TPSA) is 87.5 Å². The summed E-state index contributed by atoms with van der Waals surface area (Å²) in [5.41, 5.74) is 6.17. The lowest BCUT2D eigenvalue weighted by Crippen LogP contribution is -2.07. The molecule has 0 fully saturated rings. The third-order valence-electron chi connectivity index (χ3n) is 5.47. The third-order valence-corrected chi connectivity index (χ3v) is 5.47. The summed E-state index contributed by atoms with van der Waals surface area (Å²) in [6.07, 6.45) is 1.72. The fourth-order valence-electron chi connectivity index (χ4n) is 3.83. The van der Waals surface area contributed by atoms with E-state index in [4.69, 9.17) is 15.1 Å². The van der Waals surface area contributed by atoms with Gasteiger partial charge in [-0.3, -0.25) is 4.99 Å². The Morgan fingerprint density at radius 3 is 2.55 bits per heavy atom. The van der Waals surface area contributed by atoms with Crippen LogP contribution in [0.25, 0.3) is 11.3 Å². The normalized spacial score (nSPS) is 12.2. The fourth-order valence-corrected chi connectivity index (χ4v) is 3.83. The molecule has 1 aliphatic rings. The standard InChI is InChI=1S/C26H19FN4O2/c1-15-6-11-19-21(12-15)23-17(13-28-24(19)20-4-2-3-5-22(20)27)14-29-26(31-23)30-18-9-7-16(8-10-18)25(32)33/h2-12,14H,13H2,1H3,(H,32,33)(H,29,30,31). The van der Waals surface area contributed by atoms with Crippen molar-refractivity contribution in [2.24, 2.45) is 4.99 Å². The van der Waals surface area contributed by atoms with E-state index in [1.54, 1.807) is 36.5 Å². The van der Waals surface area contributed by atoms with Crippen LogP contribution in [0.4, 0.5) is 16.0 Å². The minimum Gasteiger partial charge on any atom is -0.478 e. The number of aromatic carboxylic acids is 1. The van der Waals surface area contributed by atoms with Gasteiger partial charge in [0.15, 0.2) is 0 Å². The van der Waals surface area contributed by atoms with E-state index < -0.39 is 5.97 Å². The zero-order chi connectivity index (χ0) is 22.9. The zero-order valence-corrected chi connectivity index (χ0v) is 17.7. The van der Waals surface area contributed by atoms with Gasteiger partial charge in [-0.1, -0.05) is 29.8 Å². The molecule has 2 N–H and O–H groups in total. The van der Waals surface area contributed by atoms with Gasteiger partial charge < -0.3 is 10.4 Å². The van der Waals surface area contributed by atoms with Crippen LogP contribution in [0.3, 0.4) is 0 Å². The number of halogens is 1. The number of nitrogens with zero attached hydrogens (tertiary/aromatic N) is 3. The van der Waals surface area contributed by atoms with Crippen molar-refractivity contribution in [2.45, 2.75) is 13.5 Å². The summed E-state index contributed by atoms with van der Waals surface area (Å²) in [5.74, 6) is -0.939. The Morgan fingerprint density at radius 1 is 1.00 bits per heavy atom. The summed E-state index contributed by atoms with van der Waals surface area (Å²) in [6.45, 7) is 2.31. The Balaban J connectivity index is 1.58. The number of anilines is 2. The Bertz CT molecular complexity index is 1410. The second-order valence-electron chi connectivity index (χ2n) is 7.77. The minimum atomic E-state index is -0.986. The number of benzene rings is 3. The predicted octanol–water partition coefficient (Wildman–Crippen LogP) is 5.38. The number of hydrogen-bond acceptors (Lipinski definition) is 5. The SMILES string of the molecule is Cc1ccc2c(c1)-c1nc(Nc3ccc(C(=O)O)cc3)ncc1CN=C2c1ccccc1F. The largest absolute Gasteiger partial charge is 0.478 e. The number of aromatic nitrogens is 2. The predicted molar refractivity (Wildman–Crippen MR) is 125 cm³/mol. The van der Waals surface area contributed by atoms with Crippen LogP contribution in [0, 0.1) is 12.7 Å². The minimum absolute atomic E-state index is 0.200. The van der Waals surface area contributed by atoms with Crippen molar-refractivity contribution in [1.29, 1.82) is 0 Å². The quantitative estimate of drug-likeness (QED) is 0.446. The maximum absolute atomic E-state index is 14.6. The molecule has 0 saturated heterocycles. The first-order valence-corrected chi connectivity index (χ1v) is 10.4. The van der Waals surface area contributed by atoms with E-state index in [0.717, 1.165) is 27.9 Å². The summed E-state index contributed by atoms with van der Waals surface area (Å²) >= 11 is 0. The molecule has 0 aliphatic carbocycles. The van der Waals surface area contributed by atoms with E-state index in [1.165, 1.54) is 18.2 Å². The molecule has 0 unspecified atom stereocenters. The molecule has 6 nitrogen and oxygen atoms in total. The van der Waals surface area contributed by atoms with Crippen molar-refractivity contribution in [1.82, 2.24) is 9.97 Å². The van der Waals surface area contributed by atoms with Crippen molar-refractivity contribution < 1.29 is 14.3 Å². The number of aliphatic imine (C=N–C) groups is 1. The van der Waals surface area contributed by atoms with Gasteiger partial charge in [0.25, 0.3) is 0 Å². The van der Waals surface area contributed by atoms with Crippen molar-refractivity contribution >= 4 is 23.3 Å². The number of fused-ring (bicyclic) bond motifs is 3. The van der Waals surface area contributed by atoms with Crippen LogP contribution in [0.1, 0.15) is 32.6 Å². The van der Waals surface area contributed by atoms with Crippen molar-refractivity contribution in [3.8, 4) is 11.3 Å². The van der Waals surface area contributed by atoms with Crippen LogP contribution >= 0.6 is 0 Å². The Morgan fingerprint density at radius 2 is 1.79 bits per heavy atom. The molecule has 0 amide bonds. The number of carboxylic acid groups (broad SMARTS) is 1. The zero-order valence-electron chi connectivity index (χ0n) is 17.7. The van der Waals surface area contributed by atoms with Crippen LogP contribution < -0.4 is 5.32 Å². The lowest BCUT2D eigenvalue weighted by molar-refractivity contribution is 0.0697. The second-order valence-corrected chi connectivity index (χ2v) is 7.77. The highest BCUT2D eigenvalue weighted by atomic mass is 19.1. The maximum atomic E-state index is 14.6. The first-order valence-electron chi connectivity index (χ1n) is 10.4. The summed E-state index contributed by atoms with van der Waals surface area (Å²) in [5, 5.41) is 12.2. The summed E-state index contributed by atoms with van der Waals surface area (Å²) < 4.78 is 14.6. The fraction of sp³-hybridized carbons (Fsp3) is 0.0769. The number of aryl methyl sites for hydroxylation is 1. The second kappa shape index (κ2) is 8.27. The average molecular weight is 438 g/mol. The lowest BCUT2D eigenvalue weighted by Gasteiger charge is -2.13. The van der Waals surface area contributed by atoms with Gasteiger partial charge in [0.05, 0.1) is 23.5 Å². The molecule has 162 valence electrons. The van der Waals surface area contributed by atoms with Crippen LogP contribution in [-0.2, 0) is 6.54 Å². The van der Waals surface area contributed by atoms with Gasteiger partial charge in [0.1, 0.15) is 5.82 Å². The first kappa shape index (κ1) is 20.5. The van der Waals surface area contributed by atoms with Crippen LogP contribution in [0.15, 0.2) is 77.9 Å². The van der Waals surface area contributed by atoms with E-state index in [0.29, 0.717) is 29.5 Å². The summed E-state index contributed by atoms with van der Waals surface area (Å²) in [7, 11) is 0. The third kappa shape index (κ3) is 3.96. The Labute approximate surface area is 189 Å². The average Bonchev–Trinajstić information content (AvgIpc) is 2.96. The molecular weight excluding hydrogens is 419 g/mol. The molecule has 3 aromatic carbocycles. The van der Waals surface area contributed by atoms with Crippen molar-refractivity contribution in [2.75, 3.05) is 5.32 Å². The molecule has 5 rings (SSSR count). The molecule has 0 saturated carbocycles. The number of hydrogen-bond donors (Lipinski definition) is 2. The smallest absolute Gasteiger partial charge is 0.335 e. The van der Waals surface area contributed by atoms with E-state index >= 15 is 0 Å². The van der Waals surface area contributed by atoms with Crippen molar-refractivity contribution in [3.63, 3.8) is 0 Å². The monoisotopic (exact) mass is 438 g/mol. The number of carbonyl (C=O) groups is 1. The number of rotatable bonds is 4. The summed E-state index contributed by atoms with van der Waals surface area (Å²) in [6, 6.07) is 18.9. The molecular formula is C26H19FN4O2. The number of carboxylic acids is 1. The molecule has 0 spiro atoms. The molecule has 33 heavy (non-hydrogen) atoms. The molecule has 4 aromatic rings. The summed E-state index contributed by atoms with van der Waals surface area (Å²) in [4.78, 5) is 25.0. The van der Waals surface area contributed by atoms with Crippen LogP contribution in [0.5, 0.6) is 0 Å². The van der Waals surface area contributed by atoms with E-state index in [9.17, 15) is 9.18 Å². The molecule has 7 heteroatoms. The highest BCUT2D eigenvalue weighted by molar-refractivity contribution is 6.17. The van der Waals surface area contributed by atoms with E-state index in [1.807, 2.05) is 25.1 Å². The van der Waals surface area contributed by atoms with Crippen LogP contribution in [-0.4, -0.2) is 26.8 Å². The highest BCUT2D eigenvalue weighted by Gasteiger charge is 2.22. The van der Waals surface area contributed by atoms with Gasteiger partial charge in [-0.05, 0) is 49.4 Å². The van der Waals surface area contributed by atoms with Gasteiger partial charge in [0.2, 0.25) is 5.95 Å². The first-order chi connectivity index (χ1) is 16.0. The van der Waals surface area contributed by atoms with E-state index in [-0.39, 0.29) is 11.4 Å². The van der Waals surface area contributed by atoms with Gasteiger partial charge in [-0.15, -0.1) is 0 Å². The van der Waals surface area contributed by atoms with Gasteiger partial charge >= 0.3 is 5.97 Å². The number of nitrogens with one attached hydrogen (secondary N) is 1. The van der Waals surface area contributed by atoms with Gasteiger partial charge in [-0.25, -0.2) is 19.2 Å². The van der Waals surface area contributed by atoms with Gasteiger partial charge in [0, 0.05) is 34.1 Å². The Kier molecular flexibility index (Phi) is 5.14. The van der Waals surface area contributed by atoms with Gasteiger partial charge in [-0.2, -0.15) is 0 Å². The Hall–Kier alpha value is -4.39. The van der Waals surface area contributed by atoms with Crippen molar-refractivity contribution in [3.05, 3.63) is 107 Å². The molecule has 1 aromatic heterocycles. The molecule has 1 aliphatic heterocycles. The molecule has 0 atom stereocenters. The molecule has 2 heterocycles. The molecule has 0 radical (unpaired) electrons. The molecule has 0 bridgehead atoms. The van der Waals surface area contributed by atoms with E-state index in [2.05, 4.69) is 10.3 Å². The lowest BCUT2D eigenvalue weighted by atomic mass is 9.93. The maximum Gasteiger partial charge on any atom is 0.335 e. The van der Waals surface area contributed by atoms with Crippen LogP contribution in [0.2, 0.25) is 0 Å².